The number of anilines is 1. The van der Waals surface area contributed by atoms with Crippen LogP contribution in [-0.2, 0) is 22.3 Å². The summed E-state index contributed by atoms with van der Waals surface area (Å²) < 4.78 is 53.3. The summed E-state index contributed by atoms with van der Waals surface area (Å²) in [6.07, 6.45) is -4.47. The molecule has 0 aliphatic rings. The first kappa shape index (κ1) is 21.0. The van der Waals surface area contributed by atoms with Crippen LogP contribution in [0.25, 0.3) is 0 Å². The third-order valence-corrected chi connectivity index (χ3v) is 3.82. The van der Waals surface area contributed by atoms with Gasteiger partial charge in [-0.2, -0.15) is 13.2 Å². The maximum absolute atomic E-state index is 12.5. The van der Waals surface area contributed by atoms with Gasteiger partial charge >= 0.3 is 12.1 Å². The number of benzene rings is 2. The average molecular weight is 419 g/mol. The molecule has 3 aromatic rings. The highest BCUT2D eigenvalue weighted by Crippen LogP contribution is 2.29. The van der Waals surface area contributed by atoms with E-state index in [-0.39, 0.29) is 18.1 Å². The fourth-order valence-corrected chi connectivity index (χ4v) is 2.38. The number of carbonyl (C=O) groups excluding carboxylic acids is 2. The van der Waals surface area contributed by atoms with Gasteiger partial charge in [0.2, 0.25) is 5.76 Å². The number of rotatable bonds is 7. The molecule has 156 valence electrons. The van der Waals surface area contributed by atoms with Crippen LogP contribution in [0.15, 0.2) is 71.1 Å². The first-order chi connectivity index (χ1) is 14.3. The lowest BCUT2D eigenvalue weighted by Gasteiger charge is -2.09. The lowest BCUT2D eigenvalue weighted by Crippen LogP contribution is -2.20. The van der Waals surface area contributed by atoms with E-state index >= 15 is 0 Å². The molecule has 1 N–H and O–H groups in total. The summed E-state index contributed by atoms with van der Waals surface area (Å²) in [6.45, 7) is -0.526. The SMILES string of the molecule is O=C(COC(=O)c1ccc(COc2ccccc2)o1)Nc1ccc(C(F)(F)F)cc1. The minimum Gasteiger partial charge on any atom is -0.486 e. The number of alkyl halides is 3. The van der Waals surface area contributed by atoms with Gasteiger partial charge in [0.05, 0.1) is 5.56 Å². The molecule has 0 aliphatic heterocycles. The van der Waals surface area contributed by atoms with Crippen molar-refractivity contribution >= 4 is 17.6 Å². The van der Waals surface area contributed by atoms with E-state index in [4.69, 9.17) is 13.9 Å². The number of halogens is 3. The number of para-hydroxylation sites is 1. The quantitative estimate of drug-likeness (QED) is 0.563. The van der Waals surface area contributed by atoms with Gasteiger partial charge in [-0.05, 0) is 48.5 Å². The molecule has 0 fully saturated rings. The summed E-state index contributed by atoms with van der Waals surface area (Å²) in [6, 6.07) is 15.8. The molecule has 1 amide bonds. The zero-order valence-corrected chi connectivity index (χ0v) is 15.4. The first-order valence-electron chi connectivity index (χ1n) is 8.72. The van der Waals surface area contributed by atoms with Crippen molar-refractivity contribution in [2.75, 3.05) is 11.9 Å². The van der Waals surface area contributed by atoms with Gasteiger partial charge in [0.25, 0.3) is 5.91 Å². The van der Waals surface area contributed by atoms with Crippen molar-refractivity contribution in [1.82, 2.24) is 0 Å². The molecule has 0 radical (unpaired) electrons. The van der Waals surface area contributed by atoms with Crippen LogP contribution in [-0.4, -0.2) is 18.5 Å². The molecule has 0 saturated carbocycles. The van der Waals surface area contributed by atoms with E-state index in [1.807, 2.05) is 18.2 Å². The van der Waals surface area contributed by atoms with Crippen LogP contribution in [0.5, 0.6) is 5.75 Å². The molecule has 6 nitrogen and oxygen atoms in total. The lowest BCUT2D eigenvalue weighted by molar-refractivity contribution is -0.137. The second-order valence-electron chi connectivity index (χ2n) is 6.07. The molecule has 30 heavy (non-hydrogen) atoms. The van der Waals surface area contributed by atoms with Crippen molar-refractivity contribution in [2.24, 2.45) is 0 Å². The molecular weight excluding hydrogens is 403 g/mol. The smallest absolute Gasteiger partial charge is 0.416 e. The molecule has 0 saturated heterocycles. The highest BCUT2D eigenvalue weighted by atomic mass is 19.4. The third kappa shape index (κ3) is 5.87. The summed E-state index contributed by atoms with van der Waals surface area (Å²) >= 11 is 0. The Labute approximate surface area is 169 Å². The number of furan rings is 1. The Morgan fingerprint density at radius 3 is 2.30 bits per heavy atom. The van der Waals surface area contributed by atoms with Crippen LogP contribution >= 0.6 is 0 Å². The maximum atomic E-state index is 12.5. The van der Waals surface area contributed by atoms with Gasteiger partial charge in [-0.25, -0.2) is 4.79 Å². The number of nitrogens with one attached hydrogen (secondary N) is 1. The van der Waals surface area contributed by atoms with Crippen LogP contribution in [0, 0.1) is 0 Å². The maximum Gasteiger partial charge on any atom is 0.416 e. The minimum absolute atomic E-state index is 0.103. The first-order valence-corrected chi connectivity index (χ1v) is 8.72. The van der Waals surface area contributed by atoms with Crippen LogP contribution in [0.3, 0.4) is 0 Å². The minimum atomic E-state index is -4.47. The van der Waals surface area contributed by atoms with Crippen LogP contribution < -0.4 is 10.1 Å². The number of hydrogen-bond acceptors (Lipinski definition) is 5. The zero-order valence-electron chi connectivity index (χ0n) is 15.4. The van der Waals surface area contributed by atoms with Crippen molar-refractivity contribution in [3.05, 3.63) is 83.8 Å². The van der Waals surface area contributed by atoms with Gasteiger partial charge < -0.3 is 19.2 Å². The van der Waals surface area contributed by atoms with Gasteiger partial charge in [-0.1, -0.05) is 18.2 Å². The van der Waals surface area contributed by atoms with E-state index in [2.05, 4.69) is 5.32 Å². The van der Waals surface area contributed by atoms with E-state index in [1.54, 1.807) is 18.2 Å². The van der Waals surface area contributed by atoms with Gasteiger partial charge in [-0.15, -0.1) is 0 Å². The molecule has 1 aromatic heterocycles. The lowest BCUT2D eigenvalue weighted by atomic mass is 10.2. The van der Waals surface area contributed by atoms with Gasteiger partial charge in [0.15, 0.2) is 6.61 Å². The monoisotopic (exact) mass is 419 g/mol. The number of esters is 1. The van der Waals surface area contributed by atoms with E-state index in [0.717, 1.165) is 24.3 Å². The number of ether oxygens (including phenoxy) is 2. The third-order valence-electron chi connectivity index (χ3n) is 3.82. The fraction of sp³-hybridized carbons (Fsp3) is 0.143. The van der Waals surface area contributed by atoms with Crippen molar-refractivity contribution in [1.29, 1.82) is 0 Å². The Bertz CT molecular complexity index is 997. The van der Waals surface area contributed by atoms with E-state index < -0.39 is 30.2 Å². The van der Waals surface area contributed by atoms with Crippen molar-refractivity contribution in [3.63, 3.8) is 0 Å². The Morgan fingerprint density at radius 2 is 1.63 bits per heavy atom. The molecule has 0 atom stereocenters. The fourth-order valence-electron chi connectivity index (χ4n) is 2.38. The number of hydrogen-bond donors (Lipinski definition) is 1. The molecule has 9 heteroatoms. The molecule has 0 bridgehead atoms. The molecule has 0 aliphatic carbocycles. The second-order valence-corrected chi connectivity index (χ2v) is 6.07. The van der Waals surface area contributed by atoms with Crippen molar-refractivity contribution < 1.29 is 36.7 Å². The summed E-state index contributed by atoms with van der Waals surface area (Å²) in [5.41, 5.74) is -0.695. The van der Waals surface area contributed by atoms with Crippen LogP contribution in [0.1, 0.15) is 21.9 Å². The highest BCUT2D eigenvalue weighted by Gasteiger charge is 2.30. The van der Waals surface area contributed by atoms with Crippen molar-refractivity contribution in [3.8, 4) is 5.75 Å². The van der Waals surface area contributed by atoms with Crippen molar-refractivity contribution in [2.45, 2.75) is 12.8 Å². The summed E-state index contributed by atoms with van der Waals surface area (Å²) in [7, 11) is 0. The summed E-state index contributed by atoms with van der Waals surface area (Å²) in [4.78, 5) is 23.8. The number of carbonyl (C=O) groups is 2. The molecule has 3 rings (SSSR count). The van der Waals surface area contributed by atoms with Gasteiger partial charge in [-0.3, -0.25) is 4.79 Å². The normalized spacial score (nSPS) is 11.0. The highest BCUT2D eigenvalue weighted by molar-refractivity contribution is 5.94. The van der Waals surface area contributed by atoms with Gasteiger partial charge in [0, 0.05) is 5.69 Å². The van der Waals surface area contributed by atoms with E-state index in [9.17, 15) is 22.8 Å². The largest absolute Gasteiger partial charge is 0.486 e. The Morgan fingerprint density at radius 1 is 0.933 bits per heavy atom. The van der Waals surface area contributed by atoms with Crippen LogP contribution in [0.2, 0.25) is 0 Å². The Kier molecular flexibility index (Phi) is 6.41. The van der Waals surface area contributed by atoms with Crippen LogP contribution in [0.4, 0.5) is 18.9 Å². The summed E-state index contributed by atoms with van der Waals surface area (Å²) in [5.74, 6) is -0.646. The molecule has 1 heterocycles. The predicted octanol–water partition coefficient (Wildman–Crippen LogP) is 4.67. The zero-order chi connectivity index (χ0) is 21.6. The van der Waals surface area contributed by atoms with E-state index in [1.165, 1.54) is 6.07 Å². The van der Waals surface area contributed by atoms with Gasteiger partial charge in [0.1, 0.15) is 18.1 Å². The molecule has 2 aromatic carbocycles. The predicted molar refractivity (Wildman–Crippen MR) is 99.8 cm³/mol. The number of amides is 1. The molecular formula is C21H16F3NO5. The molecule has 0 spiro atoms. The molecule has 0 unspecified atom stereocenters. The van der Waals surface area contributed by atoms with E-state index in [0.29, 0.717) is 11.5 Å². The Balaban J connectivity index is 1.46. The summed E-state index contributed by atoms with van der Waals surface area (Å²) in [5, 5.41) is 2.34. The Hall–Kier alpha value is -3.75. The topological polar surface area (TPSA) is 77.8 Å². The second kappa shape index (κ2) is 9.17. The standard InChI is InChI=1S/C21H16F3NO5/c22-21(23,24)14-6-8-15(9-7-14)25-19(26)13-29-20(27)18-11-10-17(30-18)12-28-16-4-2-1-3-5-16/h1-11H,12-13H2,(H,25,26). The average Bonchev–Trinajstić information content (AvgIpc) is 3.20.